The predicted molar refractivity (Wildman–Crippen MR) is 78.9 cm³/mol. The molecule has 0 radical (unpaired) electrons. The van der Waals surface area contributed by atoms with E-state index in [1.54, 1.807) is 42.5 Å². The van der Waals surface area contributed by atoms with E-state index in [1.165, 1.54) is 6.92 Å². The molecule has 2 aromatic carbocycles. The molecule has 21 heavy (non-hydrogen) atoms. The molecule has 5 nitrogen and oxygen atoms in total. The molecule has 0 fully saturated rings. The highest BCUT2D eigenvalue weighted by Crippen LogP contribution is 2.16. The summed E-state index contributed by atoms with van der Waals surface area (Å²) in [5.74, 6) is 5.43. The second-order valence-corrected chi connectivity index (χ2v) is 4.50. The lowest BCUT2D eigenvalue weighted by Crippen LogP contribution is -2.30. The summed E-state index contributed by atoms with van der Waals surface area (Å²) < 4.78 is 5.63. The molecule has 2 aromatic rings. The molecule has 1 amide bonds. The Morgan fingerprint density at radius 2 is 1.76 bits per heavy atom. The van der Waals surface area contributed by atoms with Crippen molar-refractivity contribution in [2.75, 3.05) is 0 Å². The van der Waals surface area contributed by atoms with Crippen LogP contribution in [0.5, 0.6) is 5.75 Å². The van der Waals surface area contributed by atoms with Crippen LogP contribution in [0.25, 0.3) is 0 Å². The lowest BCUT2D eigenvalue weighted by atomic mass is 10.1. The number of hydrogen-bond donors (Lipinski definition) is 2. The van der Waals surface area contributed by atoms with Crippen LogP contribution in [0, 0.1) is 0 Å². The SMILES string of the molecule is CC(=O)c1ccc(OCc2ccccc2C(=O)NN)cc1. The predicted octanol–water partition coefficient (Wildman–Crippen LogP) is 2.07. The topological polar surface area (TPSA) is 81.4 Å². The number of hydrazine groups is 1. The van der Waals surface area contributed by atoms with Crippen LogP contribution in [-0.4, -0.2) is 11.7 Å². The number of Topliss-reactive ketones (excluding diaryl/α,β-unsaturated/α-hetero) is 1. The van der Waals surface area contributed by atoms with Gasteiger partial charge in [0.1, 0.15) is 12.4 Å². The summed E-state index contributed by atoms with van der Waals surface area (Å²) in [6.07, 6.45) is 0. The van der Waals surface area contributed by atoms with Crippen molar-refractivity contribution >= 4 is 11.7 Å². The highest BCUT2D eigenvalue weighted by molar-refractivity contribution is 5.95. The van der Waals surface area contributed by atoms with Gasteiger partial charge in [-0.25, -0.2) is 5.84 Å². The monoisotopic (exact) mass is 284 g/mol. The molecule has 0 heterocycles. The van der Waals surface area contributed by atoms with Gasteiger partial charge in [-0.05, 0) is 37.3 Å². The van der Waals surface area contributed by atoms with Crippen molar-refractivity contribution in [2.24, 2.45) is 5.84 Å². The Labute approximate surface area is 122 Å². The molecule has 108 valence electrons. The standard InChI is InChI=1S/C16H16N2O3/c1-11(19)12-6-8-14(9-7-12)21-10-13-4-2-3-5-15(13)16(20)18-17/h2-9H,10,17H2,1H3,(H,18,20). The number of nitrogen functional groups attached to an aromatic ring is 1. The average molecular weight is 284 g/mol. The molecule has 0 aliphatic heterocycles. The van der Waals surface area contributed by atoms with Crippen molar-refractivity contribution < 1.29 is 14.3 Å². The van der Waals surface area contributed by atoms with Crippen molar-refractivity contribution in [3.05, 3.63) is 65.2 Å². The van der Waals surface area contributed by atoms with Crippen LogP contribution >= 0.6 is 0 Å². The van der Waals surface area contributed by atoms with Crippen LogP contribution in [0.2, 0.25) is 0 Å². The maximum Gasteiger partial charge on any atom is 0.265 e. The van der Waals surface area contributed by atoms with E-state index in [-0.39, 0.29) is 18.3 Å². The van der Waals surface area contributed by atoms with Crippen molar-refractivity contribution in [2.45, 2.75) is 13.5 Å². The second kappa shape index (κ2) is 6.67. The van der Waals surface area contributed by atoms with E-state index < -0.39 is 0 Å². The fourth-order valence-corrected chi connectivity index (χ4v) is 1.89. The Morgan fingerprint density at radius 1 is 1.10 bits per heavy atom. The van der Waals surface area contributed by atoms with Gasteiger partial charge in [0.15, 0.2) is 5.78 Å². The number of carbonyl (C=O) groups excluding carboxylic acids is 2. The van der Waals surface area contributed by atoms with Gasteiger partial charge in [0.05, 0.1) is 0 Å². The minimum Gasteiger partial charge on any atom is -0.489 e. The number of nitrogens with one attached hydrogen (secondary N) is 1. The first kappa shape index (κ1) is 14.7. The minimum absolute atomic E-state index is 0.00603. The summed E-state index contributed by atoms with van der Waals surface area (Å²) in [5.41, 5.74) is 3.94. The number of ether oxygens (including phenoxy) is 1. The molecule has 0 spiro atoms. The number of hydrogen-bond acceptors (Lipinski definition) is 4. The third-order valence-corrected chi connectivity index (χ3v) is 3.05. The van der Waals surface area contributed by atoms with Gasteiger partial charge in [-0.15, -0.1) is 0 Å². The summed E-state index contributed by atoms with van der Waals surface area (Å²) in [4.78, 5) is 22.8. The van der Waals surface area contributed by atoms with E-state index in [0.29, 0.717) is 16.9 Å². The fourth-order valence-electron chi connectivity index (χ4n) is 1.89. The molecular formula is C16H16N2O3. The Hall–Kier alpha value is -2.66. The zero-order valence-electron chi connectivity index (χ0n) is 11.6. The fraction of sp³-hybridized carbons (Fsp3) is 0.125. The molecule has 0 saturated heterocycles. The van der Waals surface area contributed by atoms with Crippen LogP contribution in [0.3, 0.4) is 0 Å². The summed E-state index contributed by atoms with van der Waals surface area (Å²) in [6.45, 7) is 1.75. The zero-order chi connectivity index (χ0) is 15.2. The molecule has 2 rings (SSSR count). The van der Waals surface area contributed by atoms with Crippen LogP contribution in [0.4, 0.5) is 0 Å². The maximum atomic E-state index is 11.6. The van der Waals surface area contributed by atoms with E-state index in [2.05, 4.69) is 5.43 Å². The first-order chi connectivity index (χ1) is 10.1. The van der Waals surface area contributed by atoms with E-state index in [9.17, 15) is 9.59 Å². The van der Waals surface area contributed by atoms with Gasteiger partial charge in [0.25, 0.3) is 5.91 Å². The first-order valence-corrected chi connectivity index (χ1v) is 6.44. The summed E-state index contributed by atoms with van der Waals surface area (Å²) in [5, 5.41) is 0. The van der Waals surface area contributed by atoms with Gasteiger partial charge in [-0.2, -0.15) is 0 Å². The highest BCUT2D eigenvalue weighted by Gasteiger charge is 2.09. The molecule has 0 unspecified atom stereocenters. The van der Waals surface area contributed by atoms with Crippen LogP contribution in [0.15, 0.2) is 48.5 Å². The zero-order valence-corrected chi connectivity index (χ0v) is 11.6. The Morgan fingerprint density at radius 3 is 2.38 bits per heavy atom. The van der Waals surface area contributed by atoms with Crippen LogP contribution < -0.4 is 16.0 Å². The van der Waals surface area contributed by atoms with Crippen molar-refractivity contribution in [3.8, 4) is 5.75 Å². The van der Waals surface area contributed by atoms with E-state index in [1.807, 2.05) is 6.07 Å². The van der Waals surface area contributed by atoms with Crippen molar-refractivity contribution in [1.82, 2.24) is 5.43 Å². The van der Waals surface area contributed by atoms with Gasteiger partial charge in [0, 0.05) is 16.7 Å². The summed E-state index contributed by atoms with van der Waals surface area (Å²) >= 11 is 0. The Bertz CT molecular complexity index is 651. The minimum atomic E-state index is -0.360. The van der Waals surface area contributed by atoms with E-state index in [4.69, 9.17) is 10.6 Å². The summed E-state index contributed by atoms with van der Waals surface area (Å²) in [6, 6.07) is 13.9. The molecule has 5 heteroatoms. The number of amides is 1. The molecule has 0 aliphatic carbocycles. The first-order valence-electron chi connectivity index (χ1n) is 6.44. The summed E-state index contributed by atoms with van der Waals surface area (Å²) in [7, 11) is 0. The third kappa shape index (κ3) is 3.67. The second-order valence-electron chi connectivity index (χ2n) is 4.50. The molecule has 0 bridgehead atoms. The molecule has 0 atom stereocenters. The molecular weight excluding hydrogens is 268 g/mol. The molecule has 3 N–H and O–H groups in total. The average Bonchev–Trinajstić information content (AvgIpc) is 2.52. The largest absolute Gasteiger partial charge is 0.489 e. The lowest BCUT2D eigenvalue weighted by Gasteiger charge is -2.10. The maximum absolute atomic E-state index is 11.6. The number of benzene rings is 2. The quantitative estimate of drug-likeness (QED) is 0.381. The Kier molecular flexibility index (Phi) is 4.68. The van der Waals surface area contributed by atoms with Gasteiger partial charge in [-0.1, -0.05) is 18.2 Å². The number of rotatable bonds is 5. The smallest absolute Gasteiger partial charge is 0.265 e. The normalized spacial score (nSPS) is 10.0. The molecule has 0 aromatic heterocycles. The number of nitrogens with two attached hydrogens (primary N) is 1. The van der Waals surface area contributed by atoms with Crippen molar-refractivity contribution in [3.63, 3.8) is 0 Å². The number of ketones is 1. The molecule has 0 saturated carbocycles. The van der Waals surface area contributed by atoms with Gasteiger partial charge in [-0.3, -0.25) is 15.0 Å². The van der Waals surface area contributed by atoms with Gasteiger partial charge >= 0.3 is 0 Å². The Balaban J connectivity index is 2.09. The van der Waals surface area contributed by atoms with Gasteiger partial charge < -0.3 is 4.74 Å². The van der Waals surface area contributed by atoms with Gasteiger partial charge in [0.2, 0.25) is 0 Å². The highest BCUT2D eigenvalue weighted by atomic mass is 16.5. The van der Waals surface area contributed by atoms with Crippen molar-refractivity contribution in [1.29, 1.82) is 0 Å². The van der Waals surface area contributed by atoms with Crippen LogP contribution in [-0.2, 0) is 6.61 Å². The van der Waals surface area contributed by atoms with E-state index in [0.717, 1.165) is 5.56 Å². The molecule has 0 aliphatic rings. The third-order valence-electron chi connectivity index (χ3n) is 3.05. The number of carbonyl (C=O) groups is 2. The lowest BCUT2D eigenvalue weighted by molar-refractivity contribution is 0.0950. The van der Waals surface area contributed by atoms with Crippen LogP contribution in [0.1, 0.15) is 33.2 Å². The van der Waals surface area contributed by atoms with E-state index >= 15 is 0 Å².